The molecule has 1 heterocycles. The Labute approximate surface area is 101 Å². The molecule has 86 valence electrons. The number of nitrogens with zero attached hydrogens (tertiary/aromatic N) is 1. The van der Waals surface area contributed by atoms with E-state index in [2.05, 4.69) is 36.2 Å². The Balaban J connectivity index is 2.13. The molecule has 0 aliphatic rings. The maximum Gasteiger partial charge on any atom is 0.0471 e. The highest BCUT2D eigenvalue weighted by atomic mass is 35.5. The first-order valence-corrected chi connectivity index (χ1v) is 5.95. The molecule has 2 aromatic rings. The average Bonchev–Trinajstić information content (AvgIpc) is 2.60. The average molecular weight is 237 g/mol. The number of H-pyrrole nitrogens is 1. The summed E-state index contributed by atoms with van der Waals surface area (Å²) in [7, 11) is 4.21. The van der Waals surface area contributed by atoms with Gasteiger partial charge >= 0.3 is 0 Å². The van der Waals surface area contributed by atoms with Crippen molar-refractivity contribution in [1.29, 1.82) is 0 Å². The first kappa shape index (κ1) is 11.5. The molecule has 0 bridgehead atoms. The van der Waals surface area contributed by atoms with Gasteiger partial charge in [0, 0.05) is 22.1 Å². The lowest BCUT2D eigenvalue weighted by atomic mass is 10.1. The number of nitrogens with one attached hydrogen (secondary N) is 1. The summed E-state index contributed by atoms with van der Waals surface area (Å²) in [6.45, 7) is 1.13. The molecular formula is C13H17ClN2. The van der Waals surface area contributed by atoms with Gasteiger partial charge in [-0.3, -0.25) is 0 Å². The van der Waals surface area contributed by atoms with Crippen LogP contribution in [0.2, 0.25) is 5.02 Å². The Morgan fingerprint density at radius 3 is 2.88 bits per heavy atom. The number of halogens is 1. The van der Waals surface area contributed by atoms with Crippen LogP contribution >= 0.6 is 11.6 Å². The molecule has 0 fully saturated rings. The lowest BCUT2D eigenvalue weighted by molar-refractivity contribution is 0.400. The van der Waals surface area contributed by atoms with Gasteiger partial charge in [0.25, 0.3) is 0 Å². The highest BCUT2D eigenvalue weighted by Gasteiger charge is 2.03. The quantitative estimate of drug-likeness (QED) is 0.863. The molecule has 1 aromatic heterocycles. The van der Waals surface area contributed by atoms with Crippen LogP contribution in [0.5, 0.6) is 0 Å². The molecule has 2 nitrogen and oxygen atoms in total. The summed E-state index contributed by atoms with van der Waals surface area (Å²) in [4.78, 5) is 5.48. The number of aryl methyl sites for hydroxylation is 1. The summed E-state index contributed by atoms with van der Waals surface area (Å²) in [6.07, 6.45) is 4.39. The minimum atomic E-state index is 0.786. The lowest BCUT2D eigenvalue weighted by Gasteiger charge is -2.08. The van der Waals surface area contributed by atoms with Crippen molar-refractivity contribution in [1.82, 2.24) is 9.88 Å². The van der Waals surface area contributed by atoms with Crippen LogP contribution < -0.4 is 0 Å². The summed E-state index contributed by atoms with van der Waals surface area (Å²) < 4.78 is 0. The molecule has 0 saturated carbocycles. The third kappa shape index (κ3) is 2.57. The fraction of sp³-hybridized carbons (Fsp3) is 0.385. The zero-order valence-corrected chi connectivity index (χ0v) is 10.5. The normalized spacial score (nSPS) is 11.5. The van der Waals surface area contributed by atoms with E-state index in [0.29, 0.717) is 0 Å². The number of aromatic amines is 1. The Hall–Kier alpha value is -0.990. The van der Waals surface area contributed by atoms with E-state index in [1.165, 1.54) is 17.4 Å². The van der Waals surface area contributed by atoms with Crippen LogP contribution in [-0.4, -0.2) is 30.5 Å². The van der Waals surface area contributed by atoms with E-state index in [9.17, 15) is 0 Å². The molecule has 3 heteroatoms. The minimum absolute atomic E-state index is 0.786. The summed E-state index contributed by atoms with van der Waals surface area (Å²) in [5.74, 6) is 0. The molecule has 0 aliphatic carbocycles. The van der Waals surface area contributed by atoms with Gasteiger partial charge < -0.3 is 9.88 Å². The standard InChI is InChI=1S/C13H17ClN2/c1-16(2)7-3-4-10-9-15-13-8-11(14)5-6-12(10)13/h5-6,8-9,15H,3-4,7H2,1-2H3. The third-order valence-electron chi connectivity index (χ3n) is 2.78. The molecule has 0 saturated heterocycles. The molecule has 0 spiro atoms. The van der Waals surface area contributed by atoms with Gasteiger partial charge in [0.05, 0.1) is 0 Å². The largest absolute Gasteiger partial charge is 0.361 e. The molecule has 2 rings (SSSR count). The van der Waals surface area contributed by atoms with Gasteiger partial charge in [0.2, 0.25) is 0 Å². The van der Waals surface area contributed by atoms with Crippen LogP contribution in [0.25, 0.3) is 10.9 Å². The van der Waals surface area contributed by atoms with E-state index in [1.807, 2.05) is 12.1 Å². The molecule has 0 unspecified atom stereocenters. The van der Waals surface area contributed by atoms with Crippen LogP contribution in [0.3, 0.4) is 0 Å². The van der Waals surface area contributed by atoms with Crippen molar-refractivity contribution in [2.24, 2.45) is 0 Å². The minimum Gasteiger partial charge on any atom is -0.361 e. The predicted molar refractivity (Wildman–Crippen MR) is 70.2 cm³/mol. The third-order valence-corrected chi connectivity index (χ3v) is 3.02. The second-order valence-corrected chi connectivity index (χ2v) is 4.85. The van der Waals surface area contributed by atoms with Crippen LogP contribution in [0.1, 0.15) is 12.0 Å². The molecule has 0 radical (unpaired) electrons. The first-order chi connectivity index (χ1) is 7.66. The SMILES string of the molecule is CN(C)CCCc1c[nH]c2cc(Cl)ccc12. The van der Waals surface area contributed by atoms with Gasteiger partial charge in [-0.2, -0.15) is 0 Å². The van der Waals surface area contributed by atoms with E-state index in [1.54, 1.807) is 0 Å². The topological polar surface area (TPSA) is 19.0 Å². The van der Waals surface area contributed by atoms with Gasteiger partial charge in [-0.05, 0) is 51.2 Å². The van der Waals surface area contributed by atoms with Crippen molar-refractivity contribution < 1.29 is 0 Å². The molecular weight excluding hydrogens is 220 g/mol. The lowest BCUT2D eigenvalue weighted by Crippen LogP contribution is -2.13. The van der Waals surface area contributed by atoms with E-state index in [0.717, 1.165) is 23.5 Å². The summed E-state index contributed by atoms with van der Waals surface area (Å²) >= 11 is 5.95. The smallest absolute Gasteiger partial charge is 0.0471 e. The molecule has 0 atom stereocenters. The maximum absolute atomic E-state index is 5.95. The Morgan fingerprint density at radius 1 is 1.31 bits per heavy atom. The number of hydrogen-bond donors (Lipinski definition) is 1. The fourth-order valence-corrected chi connectivity index (χ4v) is 2.12. The second kappa shape index (κ2) is 4.89. The zero-order valence-electron chi connectivity index (χ0n) is 9.76. The van der Waals surface area contributed by atoms with Gasteiger partial charge in [-0.25, -0.2) is 0 Å². The van der Waals surface area contributed by atoms with Crippen molar-refractivity contribution in [3.05, 3.63) is 35.0 Å². The molecule has 1 aromatic carbocycles. The molecule has 0 aliphatic heterocycles. The van der Waals surface area contributed by atoms with Crippen molar-refractivity contribution in [2.45, 2.75) is 12.8 Å². The summed E-state index contributed by atoms with van der Waals surface area (Å²) in [6, 6.07) is 6.03. The number of rotatable bonds is 4. The molecule has 1 N–H and O–H groups in total. The van der Waals surface area contributed by atoms with Crippen molar-refractivity contribution in [3.63, 3.8) is 0 Å². The highest BCUT2D eigenvalue weighted by Crippen LogP contribution is 2.22. The van der Waals surface area contributed by atoms with Crippen LogP contribution in [0, 0.1) is 0 Å². The second-order valence-electron chi connectivity index (χ2n) is 4.41. The van der Waals surface area contributed by atoms with Gasteiger partial charge in [-0.1, -0.05) is 17.7 Å². The van der Waals surface area contributed by atoms with E-state index < -0.39 is 0 Å². The van der Waals surface area contributed by atoms with E-state index in [4.69, 9.17) is 11.6 Å². The van der Waals surface area contributed by atoms with Crippen LogP contribution in [0.15, 0.2) is 24.4 Å². The molecule has 0 amide bonds. The van der Waals surface area contributed by atoms with Gasteiger partial charge in [0.1, 0.15) is 0 Å². The number of fused-ring (bicyclic) bond motifs is 1. The number of benzene rings is 1. The summed E-state index contributed by atoms with van der Waals surface area (Å²) in [5.41, 5.74) is 2.51. The predicted octanol–water partition coefficient (Wildman–Crippen LogP) is 3.32. The Kier molecular flexibility index (Phi) is 3.52. The van der Waals surface area contributed by atoms with E-state index >= 15 is 0 Å². The van der Waals surface area contributed by atoms with Crippen molar-refractivity contribution in [2.75, 3.05) is 20.6 Å². The number of hydrogen-bond acceptors (Lipinski definition) is 1. The zero-order chi connectivity index (χ0) is 11.5. The van der Waals surface area contributed by atoms with Crippen molar-refractivity contribution in [3.8, 4) is 0 Å². The fourth-order valence-electron chi connectivity index (χ4n) is 1.95. The monoisotopic (exact) mass is 236 g/mol. The van der Waals surface area contributed by atoms with Crippen LogP contribution in [-0.2, 0) is 6.42 Å². The summed E-state index contributed by atoms with van der Waals surface area (Å²) in [5, 5.41) is 2.08. The van der Waals surface area contributed by atoms with E-state index in [-0.39, 0.29) is 0 Å². The first-order valence-electron chi connectivity index (χ1n) is 5.57. The van der Waals surface area contributed by atoms with Crippen molar-refractivity contribution >= 4 is 22.5 Å². The van der Waals surface area contributed by atoms with Gasteiger partial charge in [-0.15, -0.1) is 0 Å². The highest BCUT2D eigenvalue weighted by molar-refractivity contribution is 6.31. The Morgan fingerprint density at radius 2 is 2.12 bits per heavy atom. The van der Waals surface area contributed by atoms with Gasteiger partial charge in [0.15, 0.2) is 0 Å². The van der Waals surface area contributed by atoms with Crippen LogP contribution in [0.4, 0.5) is 0 Å². The maximum atomic E-state index is 5.95. The Bertz CT molecular complexity index is 474. The number of aromatic nitrogens is 1. The molecule has 16 heavy (non-hydrogen) atoms.